The van der Waals surface area contributed by atoms with Gasteiger partial charge in [-0.15, -0.1) is 6.58 Å². The Labute approximate surface area is 206 Å². The summed E-state index contributed by atoms with van der Waals surface area (Å²) in [4.78, 5) is 4.31. The van der Waals surface area contributed by atoms with Crippen LogP contribution < -0.4 is 4.74 Å². The van der Waals surface area contributed by atoms with Crippen LogP contribution in [-0.2, 0) is 6.54 Å². The fraction of sp³-hybridized carbons (Fsp3) is 0.370. The highest BCUT2D eigenvalue weighted by atomic mass is 19.2. The maximum Gasteiger partial charge on any atom is 0.200 e. The lowest BCUT2D eigenvalue weighted by Gasteiger charge is -2.47. The molecule has 0 amide bonds. The van der Waals surface area contributed by atoms with Crippen molar-refractivity contribution in [2.75, 3.05) is 26.7 Å². The topological polar surface area (TPSA) is 42.4 Å². The molecule has 4 atom stereocenters. The van der Waals surface area contributed by atoms with Gasteiger partial charge in [-0.05, 0) is 42.2 Å². The van der Waals surface area contributed by atoms with Gasteiger partial charge in [-0.1, -0.05) is 13.0 Å². The zero-order valence-electron chi connectivity index (χ0n) is 20.1. The number of likely N-dealkylation sites (tertiary alicyclic amines) is 1. The van der Waals surface area contributed by atoms with Gasteiger partial charge in [0.05, 0.1) is 31.3 Å². The van der Waals surface area contributed by atoms with Crippen molar-refractivity contribution in [3.05, 3.63) is 83.3 Å². The van der Waals surface area contributed by atoms with Crippen molar-refractivity contribution in [2.45, 2.75) is 26.0 Å². The molecule has 1 saturated heterocycles. The molecule has 4 unspecified atom stereocenters. The molecule has 192 valence electrons. The van der Waals surface area contributed by atoms with E-state index in [-0.39, 0.29) is 22.9 Å². The first-order valence-electron chi connectivity index (χ1n) is 11.7. The molecule has 36 heavy (non-hydrogen) atoms. The Kier molecular flexibility index (Phi) is 7.33. The molecule has 1 aliphatic heterocycles. The normalized spacial score (nSPS) is 23.0. The van der Waals surface area contributed by atoms with E-state index in [0.717, 1.165) is 0 Å². The molecule has 0 radical (unpaired) electrons. The van der Waals surface area contributed by atoms with E-state index < -0.39 is 47.3 Å². The smallest absolute Gasteiger partial charge is 0.200 e. The third-order valence-electron chi connectivity index (χ3n) is 7.39. The molecule has 0 aliphatic carbocycles. The van der Waals surface area contributed by atoms with Crippen LogP contribution in [0.5, 0.6) is 5.75 Å². The van der Waals surface area contributed by atoms with Crippen molar-refractivity contribution in [2.24, 2.45) is 11.8 Å². The molecular formula is C27H28F5N2O2+. The van der Waals surface area contributed by atoms with Crippen molar-refractivity contribution in [3.8, 4) is 5.75 Å². The van der Waals surface area contributed by atoms with E-state index in [1.807, 2.05) is 6.92 Å². The number of rotatable bonds is 7. The summed E-state index contributed by atoms with van der Waals surface area (Å²) in [5.74, 6) is -9.10. The van der Waals surface area contributed by atoms with E-state index >= 15 is 0 Å². The second-order valence-corrected chi connectivity index (χ2v) is 9.60. The van der Waals surface area contributed by atoms with Crippen molar-refractivity contribution in [3.63, 3.8) is 0 Å². The summed E-state index contributed by atoms with van der Waals surface area (Å²) in [5, 5.41) is 12.0. The SMILES string of the molecule is C=CC1C[N+](Cc2c(F)c(F)c(F)c(F)c2F)(CC(O)c2ccnc3ccc(OC)cc23)CCC1C. The Balaban J connectivity index is 1.78. The Morgan fingerprint density at radius 2 is 1.78 bits per heavy atom. The molecular weight excluding hydrogens is 479 g/mol. The lowest BCUT2D eigenvalue weighted by atomic mass is 9.84. The zero-order valence-corrected chi connectivity index (χ0v) is 20.1. The van der Waals surface area contributed by atoms with Gasteiger partial charge >= 0.3 is 0 Å². The molecule has 1 aliphatic rings. The number of methoxy groups -OCH3 is 1. The van der Waals surface area contributed by atoms with Crippen molar-refractivity contribution in [1.29, 1.82) is 0 Å². The number of fused-ring (bicyclic) bond motifs is 1. The maximum atomic E-state index is 14.7. The number of aliphatic hydroxyl groups excluding tert-OH is 1. The van der Waals surface area contributed by atoms with Gasteiger partial charge in [0.15, 0.2) is 23.3 Å². The van der Waals surface area contributed by atoms with E-state index in [0.29, 0.717) is 41.7 Å². The summed E-state index contributed by atoms with van der Waals surface area (Å²) in [5.41, 5.74) is 0.273. The zero-order chi connectivity index (χ0) is 26.2. The van der Waals surface area contributed by atoms with E-state index in [4.69, 9.17) is 4.74 Å². The van der Waals surface area contributed by atoms with Crippen LogP contribution in [0, 0.1) is 40.9 Å². The molecule has 3 aromatic rings. The molecule has 0 bridgehead atoms. The molecule has 1 aromatic heterocycles. The van der Waals surface area contributed by atoms with Crippen molar-refractivity contribution in [1.82, 2.24) is 4.98 Å². The molecule has 0 saturated carbocycles. The number of halogens is 5. The third kappa shape index (κ3) is 4.69. The van der Waals surface area contributed by atoms with Crippen LogP contribution in [-0.4, -0.2) is 41.3 Å². The minimum absolute atomic E-state index is 0.00707. The minimum Gasteiger partial charge on any atom is -0.497 e. The molecule has 4 rings (SSSR count). The fourth-order valence-corrected chi connectivity index (χ4v) is 5.24. The minimum atomic E-state index is -2.19. The van der Waals surface area contributed by atoms with Crippen LogP contribution in [0.3, 0.4) is 0 Å². The average molecular weight is 508 g/mol. The van der Waals surface area contributed by atoms with Gasteiger partial charge < -0.3 is 14.3 Å². The predicted molar refractivity (Wildman–Crippen MR) is 126 cm³/mol. The van der Waals surface area contributed by atoms with Gasteiger partial charge in [-0.3, -0.25) is 4.98 Å². The number of hydrogen-bond donors (Lipinski definition) is 1. The van der Waals surface area contributed by atoms with E-state index in [1.54, 1.807) is 36.5 Å². The summed E-state index contributed by atoms with van der Waals surface area (Å²) in [6.07, 6.45) is 2.81. The van der Waals surface area contributed by atoms with E-state index in [1.165, 1.54) is 7.11 Å². The number of aliphatic hydroxyl groups is 1. The quantitative estimate of drug-likeness (QED) is 0.144. The van der Waals surface area contributed by atoms with E-state index in [9.17, 15) is 27.1 Å². The monoisotopic (exact) mass is 507 g/mol. The summed E-state index contributed by atoms with van der Waals surface area (Å²) < 4.78 is 76.3. The number of hydrogen-bond acceptors (Lipinski definition) is 3. The maximum absolute atomic E-state index is 14.7. The van der Waals surface area contributed by atoms with Crippen molar-refractivity contribution >= 4 is 10.9 Å². The molecule has 1 N–H and O–H groups in total. The van der Waals surface area contributed by atoms with Crippen molar-refractivity contribution < 1.29 is 36.3 Å². The Morgan fingerprint density at radius 3 is 2.42 bits per heavy atom. The lowest BCUT2D eigenvalue weighted by Crippen LogP contribution is -2.57. The number of quaternary nitrogens is 1. The highest BCUT2D eigenvalue weighted by Crippen LogP contribution is 2.37. The highest BCUT2D eigenvalue weighted by molar-refractivity contribution is 5.83. The van der Waals surface area contributed by atoms with Crippen LogP contribution in [0.2, 0.25) is 0 Å². The second kappa shape index (κ2) is 10.1. The predicted octanol–water partition coefficient (Wildman–Crippen LogP) is 5.83. The lowest BCUT2D eigenvalue weighted by molar-refractivity contribution is -0.952. The van der Waals surface area contributed by atoms with Gasteiger partial charge in [0, 0.05) is 17.5 Å². The van der Waals surface area contributed by atoms with Gasteiger partial charge in [0.25, 0.3) is 0 Å². The van der Waals surface area contributed by atoms with Crippen LogP contribution in [0.4, 0.5) is 22.0 Å². The molecule has 2 aromatic carbocycles. The van der Waals surface area contributed by atoms with Crippen LogP contribution in [0.1, 0.15) is 30.6 Å². The summed E-state index contributed by atoms with van der Waals surface area (Å²) >= 11 is 0. The Bertz CT molecular complexity index is 1270. The molecule has 9 heteroatoms. The first-order valence-corrected chi connectivity index (χ1v) is 11.7. The number of piperidine rings is 1. The van der Waals surface area contributed by atoms with Gasteiger partial charge in [-0.25, -0.2) is 22.0 Å². The van der Waals surface area contributed by atoms with Gasteiger partial charge in [0.2, 0.25) is 5.82 Å². The Morgan fingerprint density at radius 1 is 1.11 bits per heavy atom. The highest BCUT2D eigenvalue weighted by Gasteiger charge is 2.42. The summed E-state index contributed by atoms with van der Waals surface area (Å²) in [6.45, 7) is 6.13. The summed E-state index contributed by atoms with van der Waals surface area (Å²) in [6, 6.07) is 6.88. The van der Waals surface area contributed by atoms with Gasteiger partial charge in [0.1, 0.15) is 24.9 Å². The van der Waals surface area contributed by atoms with Crippen LogP contribution >= 0.6 is 0 Å². The number of aromatic nitrogens is 1. The third-order valence-corrected chi connectivity index (χ3v) is 7.39. The molecule has 4 nitrogen and oxygen atoms in total. The first kappa shape index (κ1) is 26.0. The first-order chi connectivity index (χ1) is 17.1. The number of nitrogens with zero attached hydrogens (tertiary/aromatic N) is 2. The second-order valence-electron chi connectivity index (χ2n) is 9.60. The largest absolute Gasteiger partial charge is 0.497 e. The Hall–Kier alpha value is -3.04. The number of benzene rings is 2. The van der Waals surface area contributed by atoms with Gasteiger partial charge in [-0.2, -0.15) is 0 Å². The van der Waals surface area contributed by atoms with Crippen LogP contribution in [0.25, 0.3) is 10.9 Å². The number of ether oxygens (including phenoxy) is 1. The average Bonchev–Trinajstić information content (AvgIpc) is 2.89. The molecule has 0 spiro atoms. The molecule has 2 heterocycles. The van der Waals surface area contributed by atoms with Crippen LogP contribution in [0.15, 0.2) is 43.1 Å². The fourth-order valence-electron chi connectivity index (χ4n) is 5.24. The molecule has 1 fully saturated rings. The van der Waals surface area contributed by atoms with E-state index in [2.05, 4.69) is 11.6 Å². The standard InChI is InChI=1S/C27H28F5N2O2/c1-4-16-12-34(10-8-15(16)2,13-20-23(28)25(30)27(32)26(31)24(20)29)14-22(35)18-7-9-33-21-6-5-17(36-3)11-19(18)21/h4-7,9,11,15-16,22,35H,1,8,10,12-14H2,2-3H3/q+1. The number of pyridine rings is 1. The summed E-state index contributed by atoms with van der Waals surface area (Å²) in [7, 11) is 1.52.